The van der Waals surface area contributed by atoms with Crippen molar-refractivity contribution in [1.82, 2.24) is 20.0 Å². The molecule has 0 bridgehead atoms. The molecule has 0 unspecified atom stereocenters. The van der Waals surface area contributed by atoms with Crippen LogP contribution in [-0.2, 0) is 6.54 Å². The highest BCUT2D eigenvalue weighted by Crippen LogP contribution is 2.28. The summed E-state index contributed by atoms with van der Waals surface area (Å²) in [6, 6.07) is 8.31. The van der Waals surface area contributed by atoms with Crippen molar-refractivity contribution >= 4 is 27.5 Å². The summed E-state index contributed by atoms with van der Waals surface area (Å²) in [7, 11) is 4.03. The van der Waals surface area contributed by atoms with E-state index in [4.69, 9.17) is 0 Å². The van der Waals surface area contributed by atoms with Crippen LogP contribution in [0.1, 0.15) is 27.3 Å². The molecule has 0 radical (unpaired) electrons. The third-order valence-corrected chi connectivity index (χ3v) is 5.29. The Hall–Kier alpha value is -2.25. The van der Waals surface area contributed by atoms with Gasteiger partial charge in [-0.2, -0.15) is 5.10 Å². The predicted molar refractivity (Wildman–Crippen MR) is 103 cm³/mol. The van der Waals surface area contributed by atoms with Gasteiger partial charge in [0.25, 0.3) is 5.91 Å². The lowest BCUT2D eigenvalue weighted by Gasteiger charge is -2.09. The number of carbonyl (C=O) groups excluding carboxylic acids is 1. The molecule has 0 saturated carbocycles. The second-order valence-electron chi connectivity index (χ2n) is 6.61. The quantitative estimate of drug-likeness (QED) is 0.646. The number of amides is 1. The molecule has 0 atom stereocenters. The van der Waals surface area contributed by atoms with Crippen LogP contribution >= 0.6 is 11.3 Å². The first-order chi connectivity index (χ1) is 12.4. The Labute approximate surface area is 156 Å². The number of thiophene rings is 1. The maximum atomic E-state index is 13.1. The van der Waals surface area contributed by atoms with Crippen LogP contribution in [0.5, 0.6) is 0 Å². The maximum Gasteiger partial charge on any atom is 0.261 e. The molecule has 3 rings (SSSR count). The minimum Gasteiger partial charge on any atom is -0.351 e. The molecule has 0 aliphatic rings. The second-order valence-corrected chi connectivity index (χ2v) is 7.64. The van der Waals surface area contributed by atoms with E-state index in [2.05, 4.69) is 15.3 Å². The highest BCUT2D eigenvalue weighted by Gasteiger charge is 2.16. The molecule has 5 nitrogen and oxygen atoms in total. The lowest BCUT2D eigenvalue weighted by atomic mass is 10.2. The Balaban J connectivity index is 1.74. The Morgan fingerprint density at radius 3 is 2.73 bits per heavy atom. The van der Waals surface area contributed by atoms with Crippen LogP contribution in [0.3, 0.4) is 0 Å². The summed E-state index contributed by atoms with van der Waals surface area (Å²) in [6.45, 7) is 4.09. The van der Waals surface area contributed by atoms with Crippen LogP contribution in [0, 0.1) is 12.7 Å². The molecule has 1 amide bonds. The molecule has 0 aliphatic heterocycles. The van der Waals surface area contributed by atoms with E-state index in [1.165, 1.54) is 23.5 Å². The molecule has 3 aromatic rings. The lowest BCUT2D eigenvalue weighted by Crippen LogP contribution is -2.26. The van der Waals surface area contributed by atoms with Crippen molar-refractivity contribution in [1.29, 1.82) is 0 Å². The van der Waals surface area contributed by atoms with Crippen molar-refractivity contribution in [3.05, 3.63) is 52.3 Å². The predicted octanol–water partition coefficient (Wildman–Crippen LogP) is 3.28. The molecular weight excluding hydrogens is 351 g/mol. The summed E-state index contributed by atoms with van der Waals surface area (Å²) in [5.41, 5.74) is 1.86. The number of nitrogens with one attached hydrogen (secondary N) is 1. The molecule has 26 heavy (non-hydrogen) atoms. The highest BCUT2D eigenvalue weighted by atomic mass is 32.1. The van der Waals surface area contributed by atoms with Crippen LogP contribution in [-0.4, -0.2) is 47.8 Å². The standard InChI is InChI=1S/C19H23FN4OS/c1-13-16-11-17(18(25)21-9-4-10-23(2)3)26-19(16)24(22-13)12-14-5-7-15(20)8-6-14/h5-8,11H,4,9-10,12H2,1-3H3,(H,21,25). The van der Waals surface area contributed by atoms with Crippen molar-refractivity contribution in [2.24, 2.45) is 0 Å². The number of carbonyl (C=O) groups is 1. The zero-order chi connectivity index (χ0) is 18.7. The zero-order valence-electron chi connectivity index (χ0n) is 15.3. The van der Waals surface area contributed by atoms with Crippen LogP contribution in [0.2, 0.25) is 0 Å². The average Bonchev–Trinajstić information content (AvgIpc) is 3.15. The highest BCUT2D eigenvalue weighted by molar-refractivity contribution is 7.20. The van der Waals surface area contributed by atoms with E-state index in [0.29, 0.717) is 18.0 Å². The minimum absolute atomic E-state index is 0.0438. The third-order valence-electron chi connectivity index (χ3n) is 4.14. The maximum absolute atomic E-state index is 13.1. The minimum atomic E-state index is -0.250. The smallest absolute Gasteiger partial charge is 0.261 e. The Kier molecular flexibility index (Phi) is 5.68. The van der Waals surface area contributed by atoms with E-state index in [1.807, 2.05) is 31.8 Å². The molecule has 0 fully saturated rings. The van der Waals surface area contributed by atoms with Gasteiger partial charge in [-0.25, -0.2) is 4.39 Å². The number of hydrogen-bond acceptors (Lipinski definition) is 4. The molecule has 1 aromatic carbocycles. The fourth-order valence-corrected chi connectivity index (χ4v) is 3.86. The van der Waals surface area contributed by atoms with Gasteiger partial charge in [0.1, 0.15) is 10.6 Å². The summed E-state index contributed by atoms with van der Waals surface area (Å²) in [6.07, 6.45) is 0.918. The summed E-state index contributed by atoms with van der Waals surface area (Å²) < 4.78 is 15.0. The summed E-state index contributed by atoms with van der Waals surface area (Å²) in [5, 5.41) is 8.53. The van der Waals surface area contributed by atoms with Gasteiger partial charge in [-0.15, -0.1) is 11.3 Å². The molecule has 0 spiro atoms. The summed E-state index contributed by atoms with van der Waals surface area (Å²) in [5.74, 6) is -0.294. The van der Waals surface area contributed by atoms with Gasteiger partial charge in [-0.05, 0) is 57.7 Å². The lowest BCUT2D eigenvalue weighted by molar-refractivity contribution is 0.0956. The number of nitrogens with zero attached hydrogens (tertiary/aromatic N) is 3. The van der Waals surface area contributed by atoms with Crippen LogP contribution < -0.4 is 5.32 Å². The van der Waals surface area contributed by atoms with Gasteiger partial charge in [0.15, 0.2) is 0 Å². The molecule has 138 valence electrons. The van der Waals surface area contributed by atoms with E-state index in [-0.39, 0.29) is 11.7 Å². The Bertz CT molecular complexity index is 898. The van der Waals surface area contributed by atoms with Gasteiger partial charge in [-0.3, -0.25) is 9.48 Å². The second kappa shape index (κ2) is 7.97. The molecule has 0 aliphatic carbocycles. The van der Waals surface area contributed by atoms with Crippen LogP contribution in [0.15, 0.2) is 30.3 Å². The summed E-state index contributed by atoms with van der Waals surface area (Å²) in [4.78, 5) is 16.1. The SMILES string of the molecule is Cc1nn(Cc2ccc(F)cc2)c2sc(C(=O)NCCCN(C)C)cc12. The van der Waals surface area contributed by atoms with Gasteiger partial charge in [0.2, 0.25) is 0 Å². The molecular formula is C19H23FN4OS. The van der Waals surface area contributed by atoms with Crippen molar-refractivity contribution in [3.63, 3.8) is 0 Å². The van der Waals surface area contributed by atoms with Crippen LogP contribution in [0.25, 0.3) is 10.2 Å². The molecule has 2 heterocycles. The average molecular weight is 374 g/mol. The van der Waals surface area contributed by atoms with Crippen molar-refractivity contribution in [3.8, 4) is 0 Å². The van der Waals surface area contributed by atoms with Gasteiger partial charge >= 0.3 is 0 Å². The van der Waals surface area contributed by atoms with E-state index in [1.54, 1.807) is 12.1 Å². The first kappa shape index (κ1) is 18.5. The van der Waals surface area contributed by atoms with Crippen molar-refractivity contribution < 1.29 is 9.18 Å². The molecule has 2 aromatic heterocycles. The largest absolute Gasteiger partial charge is 0.351 e. The molecule has 0 saturated heterocycles. The van der Waals surface area contributed by atoms with Crippen molar-refractivity contribution in [2.45, 2.75) is 19.9 Å². The summed E-state index contributed by atoms with van der Waals surface area (Å²) >= 11 is 1.44. The topological polar surface area (TPSA) is 50.2 Å². The first-order valence-corrected chi connectivity index (χ1v) is 9.40. The molecule has 7 heteroatoms. The number of aromatic nitrogens is 2. The Morgan fingerprint density at radius 1 is 1.31 bits per heavy atom. The number of fused-ring (bicyclic) bond motifs is 1. The van der Waals surface area contributed by atoms with Gasteiger partial charge < -0.3 is 10.2 Å². The van der Waals surface area contributed by atoms with E-state index in [9.17, 15) is 9.18 Å². The monoisotopic (exact) mass is 374 g/mol. The van der Waals surface area contributed by atoms with E-state index >= 15 is 0 Å². The molecule has 1 N–H and O–H groups in total. The number of halogens is 1. The fourth-order valence-electron chi connectivity index (χ4n) is 2.78. The van der Waals surface area contributed by atoms with Gasteiger partial charge in [0.05, 0.1) is 17.1 Å². The fraction of sp³-hybridized carbons (Fsp3) is 0.368. The number of aryl methyl sites for hydroxylation is 1. The third kappa shape index (κ3) is 4.28. The number of benzene rings is 1. The van der Waals surface area contributed by atoms with Gasteiger partial charge in [-0.1, -0.05) is 12.1 Å². The number of hydrogen-bond donors (Lipinski definition) is 1. The normalized spacial score (nSPS) is 11.4. The van der Waals surface area contributed by atoms with Gasteiger partial charge in [0, 0.05) is 11.9 Å². The van der Waals surface area contributed by atoms with E-state index < -0.39 is 0 Å². The zero-order valence-corrected chi connectivity index (χ0v) is 16.1. The first-order valence-electron chi connectivity index (χ1n) is 8.58. The number of rotatable bonds is 7. The van der Waals surface area contributed by atoms with Crippen LogP contribution in [0.4, 0.5) is 4.39 Å². The van der Waals surface area contributed by atoms with Crippen molar-refractivity contribution in [2.75, 3.05) is 27.2 Å². The Morgan fingerprint density at radius 2 is 2.04 bits per heavy atom. The van der Waals surface area contributed by atoms with E-state index in [0.717, 1.165) is 34.4 Å².